The number of ether oxygens (including phenoxy) is 1. The number of anilines is 1. The number of fused-ring (bicyclic) bond motifs is 1. The summed E-state index contributed by atoms with van der Waals surface area (Å²) in [6.07, 6.45) is 6.19. The monoisotopic (exact) mass is 522 g/mol. The van der Waals surface area contributed by atoms with Gasteiger partial charge in [-0.05, 0) is 59.8 Å². The Kier molecular flexibility index (Phi) is 6.38. The Morgan fingerprint density at radius 2 is 1.94 bits per heavy atom. The van der Waals surface area contributed by atoms with Crippen molar-refractivity contribution in [1.29, 1.82) is 0 Å². The first-order valence-corrected chi connectivity index (χ1v) is 11.8. The molecular formula is C26H20Cl2N4O4. The summed E-state index contributed by atoms with van der Waals surface area (Å²) in [4.78, 5) is 28.0. The van der Waals surface area contributed by atoms with Gasteiger partial charge in [-0.3, -0.25) is 9.78 Å². The van der Waals surface area contributed by atoms with Gasteiger partial charge < -0.3 is 19.8 Å². The molecule has 1 aliphatic heterocycles. The highest BCUT2D eigenvalue weighted by atomic mass is 35.5. The molecule has 5 rings (SSSR count). The zero-order valence-corrected chi connectivity index (χ0v) is 20.5. The second-order valence-electron chi connectivity index (χ2n) is 8.24. The molecule has 36 heavy (non-hydrogen) atoms. The molecule has 0 saturated heterocycles. The number of rotatable bonds is 4. The van der Waals surface area contributed by atoms with Gasteiger partial charge in [0.15, 0.2) is 5.75 Å². The number of hydrogen-bond acceptors (Lipinski definition) is 7. The van der Waals surface area contributed by atoms with Crippen LogP contribution in [-0.4, -0.2) is 38.2 Å². The van der Waals surface area contributed by atoms with E-state index in [1.54, 1.807) is 17.3 Å². The lowest BCUT2D eigenvalue weighted by atomic mass is 9.89. The lowest BCUT2D eigenvalue weighted by molar-refractivity contribution is 0.0970. The lowest BCUT2D eigenvalue weighted by Gasteiger charge is -2.38. The Morgan fingerprint density at radius 1 is 1.11 bits per heavy atom. The highest BCUT2D eigenvalue weighted by molar-refractivity contribution is 6.32. The number of carbonyl (C=O) groups is 1. The molecule has 10 heteroatoms. The molecule has 2 N–H and O–H groups in total. The maximum Gasteiger partial charge on any atom is 0.262 e. The fourth-order valence-electron chi connectivity index (χ4n) is 4.45. The zero-order chi connectivity index (χ0) is 25.4. The third kappa shape index (κ3) is 4.29. The molecule has 0 spiro atoms. The van der Waals surface area contributed by atoms with Crippen LogP contribution in [0.2, 0.25) is 10.3 Å². The molecule has 1 atom stereocenters. The second-order valence-corrected chi connectivity index (χ2v) is 8.98. The summed E-state index contributed by atoms with van der Waals surface area (Å²) in [5.41, 5.74) is 3.71. The van der Waals surface area contributed by atoms with E-state index in [-0.39, 0.29) is 33.4 Å². The number of phenolic OH excluding ortho intramolecular Hbond substituents is 2. The SMILES string of the molecule is COc1cnc(Cl)nc1-c1ccc2c(c1)CC[C@H](c1cccnc1)N2C(=O)c1cc(Cl)c(O)cc1O. The van der Waals surface area contributed by atoms with Gasteiger partial charge in [0.05, 0.1) is 29.9 Å². The van der Waals surface area contributed by atoms with Crippen molar-refractivity contribution in [3.8, 4) is 28.5 Å². The third-order valence-corrected chi connectivity index (χ3v) is 6.63. The molecular weight excluding hydrogens is 503 g/mol. The van der Waals surface area contributed by atoms with Crippen LogP contribution in [0, 0.1) is 0 Å². The number of carbonyl (C=O) groups excluding carboxylic acids is 1. The minimum atomic E-state index is -0.459. The number of aromatic nitrogens is 3. The van der Waals surface area contributed by atoms with Crippen LogP contribution in [0.5, 0.6) is 17.2 Å². The largest absolute Gasteiger partial charge is 0.507 e. The van der Waals surface area contributed by atoms with Crippen LogP contribution < -0.4 is 9.64 Å². The summed E-state index contributed by atoms with van der Waals surface area (Å²) in [6.45, 7) is 0. The first kappa shape index (κ1) is 23.8. The van der Waals surface area contributed by atoms with E-state index in [1.165, 1.54) is 19.4 Å². The first-order valence-electron chi connectivity index (χ1n) is 11.0. The number of halogens is 2. The van der Waals surface area contributed by atoms with E-state index >= 15 is 0 Å². The molecule has 2 aromatic heterocycles. The number of aryl methyl sites for hydroxylation is 1. The third-order valence-electron chi connectivity index (χ3n) is 6.14. The fraction of sp³-hybridized carbons (Fsp3) is 0.154. The Labute approximate surface area is 216 Å². The number of phenols is 2. The molecule has 3 heterocycles. The van der Waals surface area contributed by atoms with Crippen molar-refractivity contribution < 1.29 is 19.7 Å². The van der Waals surface area contributed by atoms with Crippen LogP contribution in [-0.2, 0) is 6.42 Å². The van der Waals surface area contributed by atoms with Crippen LogP contribution in [0.15, 0.2) is 61.1 Å². The molecule has 2 aromatic carbocycles. The van der Waals surface area contributed by atoms with Crippen molar-refractivity contribution in [1.82, 2.24) is 15.0 Å². The molecule has 0 bridgehead atoms. The van der Waals surface area contributed by atoms with E-state index in [9.17, 15) is 15.0 Å². The van der Waals surface area contributed by atoms with Crippen molar-refractivity contribution >= 4 is 34.8 Å². The van der Waals surface area contributed by atoms with Gasteiger partial charge in [0, 0.05) is 29.7 Å². The number of benzene rings is 2. The normalized spacial score (nSPS) is 14.9. The van der Waals surface area contributed by atoms with Crippen LogP contribution in [0.3, 0.4) is 0 Å². The van der Waals surface area contributed by atoms with E-state index in [0.717, 1.165) is 22.8 Å². The highest BCUT2D eigenvalue weighted by Gasteiger charge is 2.34. The molecule has 1 amide bonds. The zero-order valence-electron chi connectivity index (χ0n) is 19.0. The summed E-state index contributed by atoms with van der Waals surface area (Å²) in [5.74, 6) is -0.661. The van der Waals surface area contributed by atoms with Crippen LogP contribution in [0.4, 0.5) is 5.69 Å². The summed E-state index contributed by atoms with van der Waals surface area (Å²) < 4.78 is 5.41. The molecule has 0 unspecified atom stereocenters. The molecule has 4 aromatic rings. The standard InChI is InChI=1S/C26H20Cl2N4O4/c1-36-23-13-30-26(28)31-24(23)15-5-7-19-14(9-15)4-6-20(16-3-2-8-29-12-16)32(19)25(35)17-10-18(27)22(34)11-21(17)33/h2-3,5,7-13,20,33-34H,4,6H2,1H3/t20-/m1/s1. The summed E-state index contributed by atoms with van der Waals surface area (Å²) >= 11 is 12.1. The van der Waals surface area contributed by atoms with E-state index in [0.29, 0.717) is 30.0 Å². The van der Waals surface area contributed by atoms with Gasteiger partial charge in [-0.15, -0.1) is 0 Å². The van der Waals surface area contributed by atoms with Crippen molar-refractivity contribution in [2.24, 2.45) is 0 Å². The average Bonchev–Trinajstić information content (AvgIpc) is 2.89. The van der Waals surface area contributed by atoms with Crippen molar-refractivity contribution in [3.05, 3.63) is 88.1 Å². The molecule has 1 aliphatic rings. The number of methoxy groups -OCH3 is 1. The average molecular weight is 523 g/mol. The van der Waals surface area contributed by atoms with Gasteiger partial charge in [-0.1, -0.05) is 23.7 Å². The number of hydrogen-bond donors (Lipinski definition) is 2. The summed E-state index contributed by atoms with van der Waals surface area (Å²) in [5, 5.41) is 20.4. The van der Waals surface area contributed by atoms with Crippen molar-refractivity contribution in [2.75, 3.05) is 12.0 Å². The lowest BCUT2D eigenvalue weighted by Crippen LogP contribution is -2.38. The van der Waals surface area contributed by atoms with Gasteiger partial charge in [-0.2, -0.15) is 0 Å². The predicted octanol–water partition coefficient (Wildman–Crippen LogP) is 5.60. The molecule has 8 nitrogen and oxygen atoms in total. The predicted molar refractivity (Wildman–Crippen MR) is 136 cm³/mol. The quantitative estimate of drug-likeness (QED) is 0.335. The van der Waals surface area contributed by atoms with Crippen molar-refractivity contribution in [3.63, 3.8) is 0 Å². The van der Waals surface area contributed by atoms with Gasteiger partial charge in [0.1, 0.15) is 17.2 Å². The molecule has 0 radical (unpaired) electrons. The van der Waals surface area contributed by atoms with Crippen LogP contribution in [0.25, 0.3) is 11.3 Å². The van der Waals surface area contributed by atoms with Crippen LogP contribution in [0.1, 0.15) is 33.9 Å². The molecule has 0 aliphatic carbocycles. The smallest absolute Gasteiger partial charge is 0.262 e. The number of aromatic hydroxyl groups is 2. The Hall–Kier alpha value is -3.88. The highest BCUT2D eigenvalue weighted by Crippen LogP contribution is 2.43. The second kappa shape index (κ2) is 9.64. The van der Waals surface area contributed by atoms with Crippen LogP contribution >= 0.6 is 23.2 Å². The first-order chi connectivity index (χ1) is 17.4. The number of pyridine rings is 1. The maximum absolute atomic E-state index is 13.9. The van der Waals surface area contributed by atoms with Gasteiger partial charge >= 0.3 is 0 Å². The van der Waals surface area contributed by atoms with E-state index in [1.807, 2.05) is 30.3 Å². The molecule has 0 saturated carbocycles. The van der Waals surface area contributed by atoms with E-state index in [4.69, 9.17) is 27.9 Å². The topological polar surface area (TPSA) is 109 Å². The van der Waals surface area contributed by atoms with Gasteiger partial charge in [0.25, 0.3) is 5.91 Å². The van der Waals surface area contributed by atoms with Crippen molar-refractivity contribution in [2.45, 2.75) is 18.9 Å². The number of nitrogens with zero attached hydrogens (tertiary/aromatic N) is 4. The van der Waals surface area contributed by atoms with Gasteiger partial charge in [-0.25, -0.2) is 9.97 Å². The van der Waals surface area contributed by atoms with Gasteiger partial charge in [0.2, 0.25) is 5.28 Å². The minimum absolute atomic E-state index is 0.0205. The summed E-state index contributed by atoms with van der Waals surface area (Å²) in [6, 6.07) is 11.3. The maximum atomic E-state index is 13.9. The Bertz CT molecular complexity index is 1470. The molecule has 182 valence electrons. The molecule has 0 fully saturated rings. The summed E-state index contributed by atoms with van der Waals surface area (Å²) in [7, 11) is 1.53. The van der Waals surface area contributed by atoms with E-state index < -0.39 is 5.91 Å². The Morgan fingerprint density at radius 3 is 2.69 bits per heavy atom. The fourth-order valence-corrected chi connectivity index (χ4v) is 4.75. The van der Waals surface area contributed by atoms with E-state index in [2.05, 4.69) is 15.0 Å². The number of amides is 1. The Balaban J connectivity index is 1.64. The minimum Gasteiger partial charge on any atom is -0.507 e.